The summed E-state index contributed by atoms with van der Waals surface area (Å²) in [5.74, 6) is -0.279. The fraction of sp³-hybridized carbons (Fsp3) is 0.0667. The molecule has 0 aliphatic rings. The van der Waals surface area contributed by atoms with Crippen LogP contribution in [0.4, 0.5) is 5.82 Å². The first kappa shape index (κ1) is 14.2. The summed E-state index contributed by atoms with van der Waals surface area (Å²) < 4.78 is 4.62. The first-order chi connectivity index (χ1) is 10.7. The zero-order valence-electron chi connectivity index (χ0n) is 11.6. The van der Waals surface area contributed by atoms with Crippen LogP contribution in [0.5, 0.6) is 0 Å². The summed E-state index contributed by atoms with van der Waals surface area (Å²) in [5, 5.41) is 5.44. The molecule has 0 fully saturated rings. The minimum atomic E-state index is -0.442. The zero-order valence-corrected chi connectivity index (χ0v) is 12.4. The van der Waals surface area contributed by atoms with Crippen molar-refractivity contribution in [3.63, 3.8) is 0 Å². The standard InChI is InChI=1S/C15H11N3O3S/c1-21-15(20)10-4-2-9(3-5-10)13(19)18-12-11-6-7-22-14(11)17-8-16-12/h2-8H,1H3,(H,16,17,18,19). The Morgan fingerprint density at radius 1 is 1.09 bits per heavy atom. The van der Waals surface area contributed by atoms with E-state index in [2.05, 4.69) is 20.0 Å². The Bertz CT molecular complexity index is 843. The number of aromatic nitrogens is 2. The molecule has 0 saturated carbocycles. The lowest BCUT2D eigenvalue weighted by Crippen LogP contribution is -2.13. The highest BCUT2D eigenvalue weighted by atomic mass is 32.1. The summed E-state index contributed by atoms with van der Waals surface area (Å²) in [7, 11) is 1.31. The smallest absolute Gasteiger partial charge is 0.337 e. The average Bonchev–Trinajstić information content (AvgIpc) is 3.04. The van der Waals surface area contributed by atoms with Gasteiger partial charge in [-0.05, 0) is 35.7 Å². The number of carbonyl (C=O) groups is 2. The number of nitrogens with zero attached hydrogens (tertiary/aromatic N) is 2. The summed E-state index contributed by atoms with van der Waals surface area (Å²) in [4.78, 5) is 32.6. The Morgan fingerprint density at radius 3 is 2.55 bits per heavy atom. The van der Waals surface area contributed by atoms with E-state index in [4.69, 9.17) is 0 Å². The van der Waals surface area contributed by atoms with Crippen molar-refractivity contribution in [3.05, 3.63) is 53.2 Å². The number of ether oxygens (including phenoxy) is 1. The predicted octanol–water partition coefficient (Wildman–Crippen LogP) is 2.73. The lowest BCUT2D eigenvalue weighted by atomic mass is 10.1. The number of anilines is 1. The van der Waals surface area contributed by atoms with Crippen LogP contribution in [0.15, 0.2) is 42.0 Å². The number of benzene rings is 1. The van der Waals surface area contributed by atoms with E-state index in [0.717, 1.165) is 10.2 Å². The van der Waals surface area contributed by atoms with E-state index < -0.39 is 5.97 Å². The average molecular weight is 313 g/mol. The van der Waals surface area contributed by atoms with Crippen molar-refractivity contribution < 1.29 is 14.3 Å². The maximum atomic E-state index is 12.2. The normalized spacial score (nSPS) is 10.4. The summed E-state index contributed by atoms with van der Waals surface area (Å²) in [5.41, 5.74) is 0.816. The van der Waals surface area contributed by atoms with Crippen molar-refractivity contribution >= 4 is 39.2 Å². The number of esters is 1. The molecule has 0 atom stereocenters. The van der Waals surface area contributed by atoms with Gasteiger partial charge in [0, 0.05) is 5.56 Å². The minimum Gasteiger partial charge on any atom is -0.465 e. The van der Waals surface area contributed by atoms with Crippen LogP contribution in [0.25, 0.3) is 10.2 Å². The fourth-order valence-corrected chi connectivity index (χ4v) is 2.68. The van der Waals surface area contributed by atoms with Crippen molar-refractivity contribution in [3.8, 4) is 0 Å². The second-order valence-corrected chi connectivity index (χ2v) is 5.28. The molecule has 1 N–H and O–H groups in total. The summed E-state index contributed by atoms with van der Waals surface area (Å²) in [6.45, 7) is 0. The van der Waals surface area contributed by atoms with Gasteiger partial charge in [0.1, 0.15) is 17.0 Å². The van der Waals surface area contributed by atoms with Gasteiger partial charge in [0.25, 0.3) is 5.91 Å². The molecule has 0 aliphatic carbocycles. The molecule has 1 amide bonds. The number of nitrogens with one attached hydrogen (secondary N) is 1. The molecular weight excluding hydrogens is 302 g/mol. The molecule has 0 radical (unpaired) electrons. The molecule has 0 aliphatic heterocycles. The van der Waals surface area contributed by atoms with Gasteiger partial charge in [-0.3, -0.25) is 4.79 Å². The Hall–Kier alpha value is -2.80. The molecule has 0 saturated heterocycles. The summed E-state index contributed by atoms with van der Waals surface area (Å²) >= 11 is 1.48. The quantitative estimate of drug-likeness (QED) is 0.752. The number of hydrogen-bond acceptors (Lipinski definition) is 6. The number of carbonyl (C=O) groups excluding carboxylic acids is 2. The van der Waals surface area contributed by atoms with Gasteiger partial charge in [0.2, 0.25) is 0 Å². The first-order valence-electron chi connectivity index (χ1n) is 6.37. The van der Waals surface area contributed by atoms with Crippen LogP contribution in [0.2, 0.25) is 0 Å². The highest BCUT2D eigenvalue weighted by Gasteiger charge is 2.12. The molecule has 110 valence electrons. The number of methoxy groups -OCH3 is 1. The summed E-state index contributed by atoms with van der Waals surface area (Å²) in [6, 6.07) is 8.07. The van der Waals surface area contributed by atoms with E-state index in [1.165, 1.54) is 24.8 Å². The van der Waals surface area contributed by atoms with Crippen molar-refractivity contribution in [1.29, 1.82) is 0 Å². The highest BCUT2D eigenvalue weighted by molar-refractivity contribution is 7.16. The zero-order chi connectivity index (χ0) is 15.5. The van der Waals surface area contributed by atoms with E-state index >= 15 is 0 Å². The fourth-order valence-electron chi connectivity index (χ4n) is 1.94. The van der Waals surface area contributed by atoms with Gasteiger partial charge in [0.05, 0.1) is 18.1 Å². The van der Waals surface area contributed by atoms with Crippen LogP contribution < -0.4 is 5.32 Å². The SMILES string of the molecule is COC(=O)c1ccc(C(=O)Nc2ncnc3sccc23)cc1. The Kier molecular flexibility index (Phi) is 3.80. The minimum absolute atomic E-state index is 0.303. The molecular formula is C15H11N3O3S. The van der Waals surface area contributed by atoms with Crippen molar-refractivity contribution in [2.45, 2.75) is 0 Å². The predicted molar refractivity (Wildman–Crippen MR) is 83.1 cm³/mol. The van der Waals surface area contributed by atoms with Crippen LogP contribution in [0.1, 0.15) is 20.7 Å². The Morgan fingerprint density at radius 2 is 1.82 bits per heavy atom. The number of rotatable bonds is 3. The van der Waals surface area contributed by atoms with Gasteiger partial charge in [-0.2, -0.15) is 0 Å². The van der Waals surface area contributed by atoms with E-state index in [1.807, 2.05) is 11.4 Å². The maximum absolute atomic E-state index is 12.2. The Balaban J connectivity index is 1.82. The van der Waals surface area contributed by atoms with Gasteiger partial charge < -0.3 is 10.1 Å². The molecule has 22 heavy (non-hydrogen) atoms. The van der Waals surface area contributed by atoms with Crippen LogP contribution in [0, 0.1) is 0 Å². The van der Waals surface area contributed by atoms with E-state index in [9.17, 15) is 9.59 Å². The molecule has 2 aromatic heterocycles. The lowest BCUT2D eigenvalue weighted by molar-refractivity contribution is 0.0600. The number of amides is 1. The van der Waals surface area contributed by atoms with E-state index in [1.54, 1.807) is 24.3 Å². The van der Waals surface area contributed by atoms with Crippen molar-refractivity contribution in [2.75, 3.05) is 12.4 Å². The van der Waals surface area contributed by atoms with Gasteiger partial charge in [-0.25, -0.2) is 14.8 Å². The van der Waals surface area contributed by atoms with E-state index in [0.29, 0.717) is 16.9 Å². The van der Waals surface area contributed by atoms with E-state index in [-0.39, 0.29) is 5.91 Å². The second-order valence-electron chi connectivity index (χ2n) is 4.38. The van der Waals surface area contributed by atoms with Gasteiger partial charge in [-0.15, -0.1) is 11.3 Å². The van der Waals surface area contributed by atoms with Gasteiger partial charge >= 0.3 is 5.97 Å². The molecule has 0 spiro atoms. The molecule has 6 nitrogen and oxygen atoms in total. The third-order valence-corrected chi connectivity index (χ3v) is 3.88. The van der Waals surface area contributed by atoms with Crippen LogP contribution >= 0.6 is 11.3 Å². The van der Waals surface area contributed by atoms with Crippen LogP contribution in [-0.4, -0.2) is 29.0 Å². The summed E-state index contributed by atoms with van der Waals surface area (Å²) in [6.07, 6.45) is 1.41. The number of thiophene rings is 1. The maximum Gasteiger partial charge on any atom is 0.337 e. The molecule has 7 heteroatoms. The highest BCUT2D eigenvalue weighted by Crippen LogP contribution is 2.24. The van der Waals surface area contributed by atoms with Gasteiger partial charge in [0.15, 0.2) is 0 Å². The van der Waals surface area contributed by atoms with Crippen LogP contribution in [0.3, 0.4) is 0 Å². The van der Waals surface area contributed by atoms with Crippen molar-refractivity contribution in [2.24, 2.45) is 0 Å². The largest absolute Gasteiger partial charge is 0.465 e. The molecule has 2 heterocycles. The molecule has 3 aromatic rings. The second kappa shape index (κ2) is 5.90. The number of hydrogen-bond donors (Lipinski definition) is 1. The molecule has 3 rings (SSSR count). The van der Waals surface area contributed by atoms with Gasteiger partial charge in [-0.1, -0.05) is 0 Å². The third kappa shape index (κ3) is 2.66. The molecule has 1 aromatic carbocycles. The topological polar surface area (TPSA) is 81.2 Å². The first-order valence-corrected chi connectivity index (χ1v) is 7.25. The third-order valence-electron chi connectivity index (χ3n) is 3.06. The number of fused-ring (bicyclic) bond motifs is 1. The Labute approximate surface area is 129 Å². The molecule has 0 bridgehead atoms. The molecule has 0 unspecified atom stereocenters. The van der Waals surface area contributed by atoms with Crippen LogP contribution in [-0.2, 0) is 4.74 Å². The monoisotopic (exact) mass is 313 g/mol. The van der Waals surface area contributed by atoms with Crippen molar-refractivity contribution in [1.82, 2.24) is 9.97 Å². The lowest BCUT2D eigenvalue weighted by Gasteiger charge is -2.06.